The topological polar surface area (TPSA) is 165 Å². The van der Waals surface area contributed by atoms with Gasteiger partial charge in [-0.15, -0.1) is 0 Å². The van der Waals surface area contributed by atoms with Gasteiger partial charge in [0, 0.05) is 18.9 Å². The molecule has 0 radical (unpaired) electrons. The van der Waals surface area contributed by atoms with Crippen LogP contribution < -0.4 is 19.3 Å². The molecule has 194 valence electrons. The number of aromatic nitrogens is 5. The van der Waals surface area contributed by atoms with Gasteiger partial charge in [0.15, 0.2) is 17.1 Å². The van der Waals surface area contributed by atoms with Gasteiger partial charge >= 0.3 is 0 Å². The number of aliphatic hydroxyl groups excluding tert-OH is 1. The number of hydrogen-bond donors (Lipinski definition) is 2. The van der Waals surface area contributed by atoms with E-state index in [9.17, 15) is 13.5 Å². The molecule has 1 aliphatic carbocycles. The molecular weight excluding hydrogens is 500 g/mol. The number of nitrogens with two attached hydrogens (primary N) is 1. The Morgan fingerprint density at radius 1 is 1.08 bits per heavy atom. The highest BCUT2D eigenvalue weighted by molar-refractivity contribution is 7.90. The van der Waals surface area contributed by atoms with E-state index in [1.807, 2.05) is 6.92 Å². The van der Waals surface area contributed by atoms with Crippen LogP contribution in [-0.2, 0) is 14.8 Å². The summed E-state index contributed by atoms with van der Waals surface area (Å²) in [7, 11) is -1.07. The van der Waals surface area contributed by atoms with E-state index < -0.39 is 20.9 Å². The van der Waals surface area contributed by atoms with E-state index >= 15 is 0 Å². The molecule has 1 fully saturated rings. The van der Waals surface area contributed by atoms with Crippen molar-refractivity contribution >= 4 is 21.3 Å². The fourth-order valence-electron chi connectivity index (χ4n) is 4.56. The molecule has 0 saturated heterocycles. The zero-order valence-corrected chi connectivity index (χ0v) is 21.3. The highest BCUT2D eigenvalue weighted by Crippen LogP contribution is 2.47. The van der Waals surface area contributed by atoms with Gasteiger partial charge in [-0.1, -0.05) is 12.1 Å². The zero-order valence-electron chi connectivity index (χ0n) is 20.5. The van der Waals surface area contributed by atoms with Crippen molar-refractivity contribution in [1.29, 1.82) is 0 Å². The molecule has 1 aliphatic rings. The summed E-state index contributed by atoms with van der Waals surface area (Å²) in [6.07, 6.45) is 0.367. The molecule has 3 heterocycles. The molecule has 0 atom stereocenters. The third-order valence-electron chi connectivity index (χ3n) is 6.38. The number of imidazole rings is 1. The van der Waals surface area contributed by atoms with Crippen molar-refractivity contribution in [3.8, 4) is 34.6 Å². The second-order valence-electron chi connectivity index (χ2n) is 8.58. The van der Waals surface area contributed by atoms with Crippen LogP contribution in [-0.4, -0.2) is 65.0 Å². The van der Waals surface area contributed by atoms with Crippen LogP contribution in [0, 0.1) is 0 Å². The van der Waals surface area contributed by atoms with Gasteiger partial charge in [0.05, 0.1) is 38.8 Å². The van der Waals surface area contributed by atoms with E-state index in [0.29, 0.717) is 41.2 Å². The van der Waals surface area contributed by atoms with Crippen molar-refractivity contribution in [3.05, 3.63) is 48.3 Å². The summed E-state index contributed by atoms with van der Waals surface area (Å²) in [5.41, 5.74) is 1.52. The summed E-state index contributed by atoms with van der Waals surface area (Å²) < 4.78 is 42.2. The lowest BCUT2D eigenvalue weighted by Gasteiger charge is -2.42. The van der Waals surface area contributed by atoms with Crippen LogP contribution in [0.5, 0.6) is 17.4 Å². The van der Waals surface area contributed by atoms with E-state index in [-0.39, 0.29) is 29.8 Å². The van der Waals surface area contributed by atoms with E-state index in [0.717, 1.165) is 0 Å². The second kappa shape index (κ2) is 9.25. The number of primary sulfonamides is 1. The number of rotatable bonds is 8. The Balaban J connectivity index is 1.84. The Bertz CT molecular complexity index is 1560. The number of fused-ring (bicyclic) bond motifs is 1. The highest BCUT2D eigenvalue weighted by Gasteiger charge is 2.55. The van der Waals surface area contributed by atoms with Crippen molar-refractivity contribution in [2.45, 2.75) is 30.6 Å². The molecule has 0 spiro atoms. The van der Waals surface area contributed by atoms with Crippen molar-refractivity contribution < 1.29 is 27.7 Å². The standard InChI is InChI=1S/C24H26N6O6S/c1-4-36-19-10-5-7-15(27-19)22-29-21-23(30(22)20-16(34-2)8-6-9-17(20)35-3)28-18(13-26-21)24(37(25,32)33)11-14(31)12-24/h5-10,13-14,31H,4,11-12H2,1-3H3,(H2,25,32,33). The van der Waals surface area contributed by atoms with E-state index in [1.54, 1.807) is 41.0 Å². The minimum atomic E-state index is -4.11. The third-order valence-corrected chi connectivity index (χ3v) is 8.02. The van der Waals surface area contributed by atoms with Crippen molar-refractivity contribution in [1.82, 2.24) is 24.5 Å². The fourth-order valence-corrected chi connectivity index (χ4v) is 5.80. The average molecular weight is 527 g/mol. The minimum absolute atomic E-state index is 0.0804. The predicted molar refractivity (Wildman–Crippen MR) is 134 cm³/mol. The SMILES string of the molecule is CCOc1cccc(-c2nc3ncc(C4(S(N)(=O)=O)CC(O)C4)nc3n2-c2c(OC)cccc2OC)n1. The number of nitrogens with zero attached hydrogens (tertiary/aromatic N) is 5. The lowest BCUT2D eigenvalue weighted by Crippen LogP contribution is -2.53. The van der Waals surface area contributed by atoms with Gasteiger partial charge in [-0.3, -0.25) is 4.57 Å². The van der Waals surface area contributed by atoms with Crippen LogP contribution in [0.3, 0.4) is 0 Å². The molecule has 0 amide bonds. The Morgan fingerprint density at radius 2 is 1.76 bits per heavy atom. The van der Waals surface area contributed by atoms with Crippen LogP contribution in [0.15, 0.2) is 42.6 Å². The summed E-state index contributed by atoms with van der Waals surface area (Å²) in [6, 6.07) is 10.6. The molecule has 13 heteroatoms. The fraction of sp³-hybridized carbons (Fsp3) is 0.333. The lowest BCUT2D eigenvalue weighted by atomic mass is 9.79. The Hall–Kier alpha value is -3.81. The summed E-state index contributed by atoms with van der Waals surface area (Å²) in [6.45, 7) is 2.29. The van der Waals surface area contributed by atoms with Gasteiger partial charge in [-0.2, -0.15) is 0 Å². The monoisotopic (exact) mass is 526 g/mol. The summed E-state index contributed by atoms with van der Waals surface area (Å²) in [5.74, 6) is 1.67. The number of ether oxygens (including phenoxy) is 3. The molecule has 0 bridgehead atoms. The first-order valence-electron chi connectivity index (χ1n) is 11.5. The number of methoxy groups -OCH3 is 2. The predicted octanol–water partition coefficient (Wildman–Crippen LogP) is 1.93. The second-order valence-corrected chi connectivity index (χ2v) is 10.5. The molecule has 5 rings (SSSR count). The van der Waals surface area contributed by atoms with E-state index in [1.165, 1.54) is 20.4 Å². The Labute approximate surface area is 213 Å². The maximum absolute atomic E-state index is 12.6. The number of pyridine rings is 1. The average Bonchev–Trinajstić information content (AvgIpc) is 3.24. The maximum Gasteiger partial charge on any atom is 0.220 e. The molecule has 3 aromatic heterocycles. The number of para-hydroxylation sites is 1. The summed E-state index contributed by atoms with van der Waals surface area (Å²) in [5, 5.41) is 15.6. The number of benzene rings is 1. The molecule has 37 heavy (non-hydrogen) atoms. The van der Waals surface area contributed by atoms with Crippen LogP contribution >= 0.6 is 0 Å². The van der Waals surface area contributed by atoms with Crippen LogP contribution in [0.25, 0.3) is 28.5 Å². The van der Waals surface area contributed by atoms with Gasteiger partial charge in [-0.25, -0.2) is 33.5 Å². The first kappa shape index (κ1) is 24.9. The van der Waals surface area contributed by atoms with Crippen molar-refractivity contribution in [2.75, 3.05) is 20.8 Å². The highest BCUT2D eigenvalue weighted by atomic mass is 32.2. The zero-order chi connectivity index (χ0) is 26.4. The molecular formula is C24H26N6O6S. The maximum atomic E-state index is 12.6. The van der Waals surface area contributed by atoms with Crippen LogP contribution in [0.4, 0.5) is 0 Å². The van der Waals surface area contributed by atoms with E-state index in [4.69, 9.17) is 24.3 Å². The first-order valence-corrected chi connectivity index (χ1v) is 13.0. The molecule has 1 aromatic carbocycles. The smallest absolute Gasteiger partial charge is 0.220 e. The normalized spacial score (nSPS) is 19.4. The van der Waals surface area contributed by atoms with Gasteiger partial charge < -0.3 is 19.3 Å². The Kier molecular flexibility index (Phi) is 6.22. The van der Waals surface area contributed by atoms with Crippen LogP contribution in [0.1, 0.15) is 25.5 Å². The number of aliphatic hydroxyl groups is 1. The number of sulfonamides is 1. The lowest BCUT2D eigenvalue weighted by molar-refractivity contribution is 0.0537. The molecule has 4 aromatic rings. The number of hydrogen-bond acceptors (Lipinski definition) is 10. The largest absolute Gasteiger partial charge is 0.494 e. The van der Waals surface area contributed by atoms with E-state index in [2.05, 4.69) is 15.0 Å². The molecule has 0 aliphatic heterocycles. The first-order chi connectivity index (χ1) is 17.7. The minimum Gasteiger partial charge on any atom is -0.494 e. The van der Waals surface area contributed by atoms with Gasteiger partial charge in [0.25, 0.3) is 0 Å². The summed E-state index contributed by atoms with van der Waals surface area (Å²) >= 11 is 0. The molecule has 1 saturated carbocycles. The summed E-state index contributed by atoms with van der Waals surface area (Å²) in [4.78, 5) is 18.4. The molecule has 12 nitrogen and oxygen atoms in total. The van der Waals surface area contributed by atoms with Gasteiger partial charge in [0.1, 0.15) is 27.6 Å². The van der Waals surface area contributed by atoms with Crippen LogP contribution in [0.2, 0.25) is 0 Å². The van der Waals surface area contributed by atoms with Gasteiger partial charge in [-0.05, 0) is 25.1 Å². The molecule has 0 unspecified atom stereocenters. The molecule has 3 N–H and O–H groups in total. The quantitative estimate of drug-likeness (QED) is 0.346. The third kappa shape index (κ3) is 4.04. The Morgan fingerprint density at radius 3 is 2.35 bits per heavy atom. The van der Waals surface area contributed by atoms with Crippen molar-refractivity contribution in [2.24, 2.45) is 5.14 Å². The van der Waals surface area contributed by atoms with Gasteiger partial charge in [0.2, 0.25) is 15.9 Å². The van der Waals surface area contributed by atoms with Crippen molar-refractivity contribution in [3.63, 3.8) is 0 Å².